The second kappa shape index (κ2) is 7.69. The summed E-state index contributed by atoms with van der Waals surface area (Å²) in [5.41, 5.74) is 0.911. The Hall–Kier alpha value is -1.40. The van der Waals surface area contributed by atoms with Crippen molar-refractivity contribution in [3.8, 4) is 11.5 Å². The zero-order valence-electron chi connectivity index (χ0n) is 14.3. The van der Waals surface area contributed by atoms with Crippen molar-refractivity contribution in [2.24, 2.45) is 0 Å². The van der Waals surface area contributed by atoms with Gasteiger partial charge < -0.3 is 14.7 Å². The number of hydrogen-bond acceptors (Lipinski definition) is 4. The molecule has 4 rings (SSSR count). The Balaban J connectivity index is 0.00000196. The molecule has 6 heteroatoms. The summed E-state index contributed by atoms with van der Waals surface area (Å²) < 4.78 is 6.10. The molecule has 0 atom stereocenters. The fourth-order valence-corrected chi connectivity index (χ4v) is 4.19. The first-order chi connectivity index (χ1) is 12.1. The molecule has 0 saturated carbocycles. The minimum atomic E-state index is -0.599. The smallest absolute Gasteiger partial charge is 0.177 e. The van der Waals surface area contributed by atoms with Crippen LogP contribution in [0.15, 0.2) is 42.5 Å². The normalized spacial score (nSPS) is 18.3. The second-order valence-corrected chi connectivity index (χ2v) is 7.15. The van der Waals surface area contributed by atoms with E-state index in [4.69, 9.17) is 16.3 Å². The Kier molecular flexibility index (Phi) is 5.72. The van der Waals surface area contributed by atoms with E-state index in [0.29, 0.717) is 35.7 Å². The van der Waals surface area contributed by atoms with Gasteiger partial charge in [-0.25, -0.2) is 0 Å². The van der Waals surface area contributed by atoms with Crippen molar-refractivity contribution in [1.29, 1.82) is 0 Å². The van der Waals surface area contributed by atoms with E-state index in [9.17, 15) is 9.90 Å². The Morgan fingerprint density at radius 1 is 1.12 bits per heavy atom. The number of ketones is 1. The second-order valence-electron chi connectivity index (χ2n) is 6.72. The van der Waals surface area contributed by atoms with Crippen LogP contribution in [0.1, 0.15) is 28.8 Å². The molecule has 0 amide bonds. The Labute approximate surface area is 168 Å². The molecule has 2 aliphatic rings. The van der Waals surface area contributed by atoms with Gasteiger partial charge in [-0.15, -0.1) is 17.0 Å². The van der Waals surface area contributed by atoms with E-state index < -0.39 is 5.41 Å². The lowest BCUT2D eigenvalue weighted by atomic mass is 9.68. The van der Waals surface area contributed by atoms with Gasteiger partial charge in [0.2, 0.25) is 0 Å². The van der Waals surface area contributed by atoms with Crippen molar-refractivity contribution in [3.05, 3.63) is 58.6 Å². The third kappa shape index (κ3) is 3.18. The first kappa shape index (κ1) is 19.4. The number of carbonyl (C=O) groups is 1. The zero-order chi connectivity index (χ0) is 17.4. The minimum absolute atomic E-state index is 0. The van der Waals surface area contributed by atoms with Crippen molar-refractivity contribution < 1.29 is 14.6 Å². The van der Waals surface area contributed by atoms with Crippen LogP contribution in [0, 0.1) is 0 Å². The number of aliphatic hydroxyl groups excluding tert-OH is 1. The Bertz CT molecular complexity index is 818. The number of nitrogens with zero attached hydrogens (tertiary/aromatic N) is 1. The van der Waals surface area contributed by atoms with Crippen LogP contribution >= 0.6 is 28.6 Å². The molecular formula is C20H21BrClNO3. The molecule has 0 radical (unpaired) electrons. The number of halogens is 2. The van der Waals surface area contributed by atoms with Crippen LogP contribution in [0.4, 0.5) is 0 Å². The van der Waals surface area contributed by atoms with Crippen LogP contribution in [-0.2, 0) is 5.41 Å². The number of benzene rings is 2. The monoisotopic (exact) mass is 437 g/mol. The van der Waals surface area contributed by atoms with E-state index in [2.05, 4.69) is 4.90 Å². The fraction of sp³-hybridized carbons (Fsp3) is 0.350. The summed E-state index contributed by atoms with van der Waals surface area (Å²) in [7, 11) is 0. The van der Waals surface area contributed by atoms with Gasteiger partial charge in [0.25, 0.3) is 0 Å². The molecule has 138 valence electrons. The maximum absolute atomic E-state index is 13.6. The lowest BCUT2D eigenvalue weighted by molar-refractivity contribution is 0.0752. The molecule has 4 nitrogen and oxygen atoms in total. The molecule has 1 fully saturated rings. The summed E-state index contributed by atoms with van der Waals surface area (Å²) in [4.78, 5) is 15.8. The van der Waals surface area contributed by atoms with Gasteiger partial charge in [0, 0.05) is 17.1 Å². The number of aliphatic hydroxyl groups is 1. The highest BCUT2D eigenvalue weighted by Crippen LogP contribution is 2.48. The number of hydrogen-bond donors (Lipinski definition) is 1. The molecule has 0 aromatic heterocycles. The number of rotatable bonds is 2. The average molecular weight is 439 g/mol. The van der Waals surface area contributed by atoms with Crippen molar-refractivity contribution in [2.45, 2.75) is 18.3 Å². The first-order valence-electron chi connectivity index (χ1n) is 8.59. The fourth-order valence-electron chi connectivity index (χ4n) is 4.01. The molecule has 1 saturated heterocycles. The molecule has 0 bridgehead atoms. The summed E-state index contributed by atoms with van der Waals surface area (Å²) in [6.07, 6.45) is 1.41. The summed E-state index contributed by atoms with van der Waals surface area (Å²) in [5.74, 6) is 1.39. The van der Waals surface area contributed by atoms with Gasteiger partial charge in [-0.05, 0) is 50.2 Å². The van der Waals surface area contributed by atoms with E-state index in [0.717, 1.165) is 24.4 Å². The summed E-state index contributed by atoms with van der Waals surface area (Å²) in [5, 5.41) is 9.73. The van der Waals surface area contributed by atoms with Crippen LogP contribution < -0.4 is 4.74 Å². The van der Waals surface area contributed by atoms with Gasteiger partial charge in [-0.1, -0.05) is 29.8 Å². The van der Waals surface area contributed by atoms with E-state index in [1.807, 2.05) is 24.3 Å². The number of fused-ring (bicyclic) bond motifs is 3. The molecule has 0 aliphatic carbocycles. The lowest BCUT2D eigenvalue weighted by Crippen LogP contribution is -2.47. The highest BCUT2D eigenvalue weighted by molar-refractivity contribution is 8.93. The molecule has 26 heavy (non-hydrogen) atoms. The number of carbonyl (C=O) groups excluding carboxylic acids is 1. The SMILES string of the molecule is Br.O=C1c2cc(Cl)ccc2Oc2ccccc2C12CCN(CCO)CC2. The molecule has 2 aliphatic heterocycles. The van der Waals surface area contributed by atoms with Crippen LogP contribution in [0.3, 0.4) is 0 Å². The van der Waals surface area contributed by atoms with E-state index >= 15 is 0 Å². The Morgan fingerprint density at radius 2 is 1.85 bits per heavy atom. The van der Waals surface area contributed by atoms with Gasteiger partial charge >= 0.3 is 0 Å². The minimum Gasteiger partial charge on any atom is -0.456 e. The van der Waals surface area contributed by atoms with Crippen LogP contribution in [0.25, 0.3) is 0 Å². The first-order valence-corrected chi connectivity index (χ1v) is 8.97. The van der Waals surface area contributed by atoms with Gasteiger partial charge in [-0.2, -0.15) is 0 Å². The van der Waals surface area contributed by atoms with Crippen LogP contribution in [0.2, 0.25) is 5.02 Å². The summed E-state index contributed by atoms with van der Waals surface area (Å²) in [6, 6.07) is 13.0. The zero-order valence-corrected chi connectivity index (χ0v) is 16.8. The van der Waals surface area contributed by atoms with Gasteiger partial charge in [0.15, 0.2) is 5.78 Å². The number of likely N-dealkylation sites (tertiary alicyclic amines) is 1. The number of β-amino-alcohol motifs (C(OH)–C–C–N with tert-alkyl or cyclic N) is 1. The predicted molar refractivity (Wildman–Crippen MR) is 107 cm³/mol. The molecule has 1 spiro atoms. The third-order valence-corrected chi connectivity index (χ3v) is 5.60. The number of ether oxygens (including phenoxy) is 1. The van der Waals surface area contributed by atoms with Crippen molar-refractivity contribution in [2.75, 3.05) is 26.2 Å². The number of Topliss-reactive ketones (excluding diaryl/α,β-unsaturated/α-hetero) is 1. The van der Waals surface area contributed by atoms with Crippen molar-refractivity contribution in [3.63, 3.8) is 0 Å². The Morgan fingerprint density at radius 3 is 2.58 bits per heavy atom. The lowest BCUT2D eigenvalue weighted by Gasteiger charge is -2.40. The number of piperidine rings is 1. The summed E-state index contributed by atoms with van der Waals surface area (Å²) in [6.45, 7) is 2.33. The van der Waals surface area contributed by atoms with Crippen molar-refractivity contribution in [1.82, 2.24) is 4.90 Å². The average Bonchev–Trinajstić information content (AvgIpc) is 2.72. The van der Waals surface area contributed by atoms with Gasteiger partial charge in [0.05, 0.1) is 17.6 Å². The van der Waals surface area contributed by atoms with E-state index in [1.54, 1.807) is 18.2 Å². The standard InChI is InChI=1S/C20H20ClNO3.BrH/c21-14-5-6-17-15(13-14)19(24)20(7-9-22(10-8-20)11-12-23)16-3-1-2-4-18(16)25-17;/h1-6,13,23H,7-12H2;1H. The number of para-hydroxylation sites is 1. The quantitative estimate of drug-likeness (QED) is 0.762. The third-order valence-electron chi connectivity index (χ3n) is 5.37. The molecule has 1 N–H and O–H groups in total. The van der Waals surface area contributed by atoms with Crippen molar-refractivity contribution >= 4 is 34.4 Å². The van der Waals surface area contributed by atoms with Gasteiger partial charge in [-0.3, -0.25) is 4.79 Å². The maximum Gasteiger partial charge on any atom is 0.177 e. The van der Waals surface area contributed by atoms with E-state index in [1.165, 1.54) is 0 Å². The molecule has 0 unspecified atom stereocenters. The predicted octanol–water partition coefficient (Wildman–Crippen LogP) is 4.23. The highest BCUT2D eigenvalue weighted by Gasteiger charge is 2.47. The molecule has 2 aromatic rings. The molecule has 2 aromatic carbocycles. The van der Waals surface area contributed by atoms with E-state index in [-0.39, 0.29) is 29.4 Å². The molecular weight excluding hydrogens is 418 g/mol. The highest BCUT2D eigenvalue weighted by atomic mass is 79.9. The maximum atomic E-state index is 13.6. The van der Waals surface area contributed by atoms with Gasteiger partial charge in [0.1, 0.15) is 11.5 Å². The topological polar surface area (TPSA) is 49.8 Å². The largest absolute Gasteiger partial charge is 0.456 e. The van der Waals surface area contributed by atoms with Crippen LogP contribution in [0.5, 0.6) is 11.5 Å². The molecule has 2 heterocycles. The van der Waals surface area contributed by atoms with Crippen LogP contribution in [-0.4, -0.2) is 42.0 Å². The summed E-state index contributed by atoms with van der Waals surface area (Å²) >= 11 is 6.15.